The molecule has 2 nitrogen and oxygen atoms in total. The maximum atomic E-state index is 11.6. The second-order valence-corrected chi connectivity index (χ2v) is 3.37. The summed E-state index contributed by atoms with van der Waals surface area (Å²) in [6.07, 6.45) is 0. The van der Waals surface area contributed by atoms with Crippen LogP contribution in [0, 0.1) is 0 Å². The van der Waals surface area contributed by atoms with E-state index in [1.54, 1.807) is 24.3 Å². The average Bonchev–Trinajstić information content (AvgIpc) is 2.18. The van der Waals surface area contributed by atoms with Gasteiger partial charge in [0, 0.05) is 5.56 Å². The Hall–Kier alpha value is -0.860. The lowest BCUT2D eigenvalue weighted by Crippen LogP contribution is -2.36. The highest BCUT2D eigenvalue weighted by molar-refractivity contribution is 6.21. The van der Waals surface area contributed by atoms with E-state index in [9.17, 15) is 9.90 Å². The normalized spacial score (nSPS) is 15.0. The maximum Gasteiger partial charge on any atom is 0.195 e. The quantitative estimate of drug-likeness (QED) is 0.595. The summed E-state index contributed by atoms with van der Waals surface area (Å²) >= 11 is 5.47. The van der Waals surface area contributed by atoms with Gasteiger partial charge in [0.15, 0.2) is 5.78 Å². The first kappa shape index (κ1) is 10.2. The van der Waals surface area contributed by atoms with Crippen molar-refractivity contribution in [2.45, 2.75) is 12.5 Å². The van der Waals surface area contributed by atoms with E-state index in [1.807, 2.05) is 6.07 Å². The molecule has 0 radical (unpaired) electrons. The van der Waals surface area contributed by atoms with Crippen LogP contribution in [0.4, 0.5) is 0 Å². The molecule has 1 N–H and O–H groups in total. The molecule has 1 atom stereocenters. The van der Waals surface area contributed by atoms with E-state index < -0.39 is 5.60 Å². The van der Waals surface area contributed by atoms with Gasteiger partial charge < -0.3 is 5.11 Å². The van der Waals surface area contributed by atoms with Crippen LogP contribution in [0.3, 0.4) is 0 Å². The van der Waals surface area contributed by atoms with E-state index in [0.717, 1.165) is 0 Å². The molecule has 0 aliphatic heterocycles. The van der Waals surface area contributed by atoms with Crippen LogP contribution in [0.2, 0.25) is 0 Å². The van der Waals surface area contributed by atoms with Crippen molar-refractivity contribution < 1.29 is 9.90 Å². The smallest absolute Gasteiger partial charge is 0.195 e. The molecule has 13 heavy (non-hydrogen) atoms. The highest BCUT2D eigenvalue weighted by atomic mass is 35.5. The topological polar surface area (TPSA) is 37.3 Å². The van der Waals surface area contributed by atoms with E-state index in [1.165, 1.54) is 6.92 Å². The predicted molar refractivity (Wildman–Crippen MR) is 52.1 cm³/mol. The molecule has 70 valence electrons. The van der Waals surface area contributed by atoms with E-state index in [-0.39, 0.29) is 11.7 Å². The van der Waals surface area contributed by atoms with Gasteiger partial charge in [-0.3, -0.25) is 4.79 Å². The molecule has 0 heterocycles. The molecule has 0 saturated heterocycles. The minimum Gasteiger partial charge on any atom is -0.381 e. The summed E-state index contributed by atoms with van der Waals surface area (Å²) < 4.78 is 0. The summed E-state index contributed by atoms with van der Waals surface area (Å²) in [7, 11) is 0. The number of rotatable bonds is 3. The van der Waals surface area contributed by atoms with E-state index in [4.69, 9.17) is 11.6 Å². The molecule has 0 spiro atoms. The van der Waals surface area contributed by atoms with Crippen LogP contribution >= 0.6 is 11.6 Å². The van der Waals surface area contributed by atoms with Crippen LogP contribution in [0.25, 0.3) is 0 Å². The summed E-state index contributed by atoms with van der Waals surface area (Å²) in [5, 5.41) is 9.56. The molecule has 0 bridgehead atoms. The molecule has 3 heteroatoms. The van der Waals surface area contributed by atoms with Gasteiger partial charge in [-0.2, -0.15) is 0 Å². The zero-order valence-electron chi connectivity index (χ0n) is 7.33. The van der Waals surface area contributed by atoms with Crippen LogP contribution in [-0.4, -0.2) is 22.4 Å². The summed E-state index contributed by atoms with van der Waals surface area (Å²) in [6.45, 7) is 1.41. The van der Waals surface area contributed by atoms with E-state index in [2.05, 4.69) is 0 Å². The minimum atomic E-state index is -1.47. The Morgan fingerprint density at radius 2 is 2.00 bits per heavy atom. The number of hydrogen-bond acceptors (Lipinski definition) is 2. The fourth-order valence-corrected chi connectivity index (χ4v) is 1.08. The van der Waals surface area contributed by atoms with E-state index >= 15 is 0 Å². The molecule has 0 amide bonds. The first-order valence-corrected chi connectivity index (χ1v) is 4.49. The molecule has 0 saturated carbocycles. The van der Waals surface area contributed by atoms with Crippen molar-refractivity contribution in [3.63, 3.8) is 0 Å². The molecule has 1 aromatic carbocycles. The van der Waals surface area contributed by atoms with Crippen LogP contribution in [0.1, 0.15) is 17.3 Å². The van der Waals surface area contributed by atoms with Gasteiger partial charge in [0.1, 0.15) is 5.60 Å². The third kappa shape index (κ3) is 2.29. The Kier molecular flexibility index (Phi) is 3.07. The Balaban J connectivity index is 2.93. The summed E-state index contributed by atoms with van der Waals surface area (Å²) in [6, 6.07) is 8.62. The van der Waals surface area contributed by atoms with Crippen LogP contribution in [0.5, 0.6) is 0 Å². The molecule has 1 rings (SSSR count). The second-order valence-electron chi connectivity index (χ2n) is 3.10. The highest BCUT2D eigenvalue weighted by Gasteiger charge is 2.29. The van der Waals surface area contributed by atoms with E-state index in [0.29, 0.717) is 5.56 Å². The van der Waals surface area contributed by atoms with Crippen molar-refractivity contribution >= 4 is 17.4 Å². The molecule has 0 aliphatic rings. The molecule has 0 fully saturated rings. The molecular weight excluding hydrogens is 188 g/mol. The first-order chi connectivity index (χ1) is 6.08. The number of alkyl halides is 1. The molecule has 1 unspecified atom stereocenters. The Morgan fingerprint density at radius 3 is 2.46 bits per heavy atom. The van der Waals surface area contributed by atoms with Crippen LogP contribution in [0.15, 0.2) is 30.3 Å². The predicted octanol–water partition coefficient (Wildman–Crippen LogP) is 1.86. The van der Waals surface area contributed by atoms with Crippen molar-refractivity contribution in [3.05, 3.63) is 35.9 Å². The molecule has 0 aliphatic carbocycles. The molecule has 0 aromatic heterocycles. The van der Waals surface area contributed by atoms with Gasteiger partial charge in [-0.1, -0.05) is 30.3 Å². The lowest BCUT2D eigenvalue weighted by molar-refractivity contribution is 0.0502. The lowest BCUT2D eigenvalue weighted by atomic mass is 9.97. The molecule has 1 aromatic rings. The fraction of sp³-hybridized carbons (Fsp3) is 0.300. The number of carbonyl (C=O) groups is 1. The van der Waals surface area contributed by atoms with Crippen molar-refractivity contribution in [1.82, 2.24) is 0 Å². The zero-order valence-corrected chi connectivity index (χ0v) is 8.08. The van der Waals surface area contributed by atoms with Gasteiger partial charge in [0.05, 0.1) is 5.88 Å². The van der Waals surface area contributed by atoms with Gasteiger partial charge in [-0.15, -0.1) is 11.6 Å². The van der Waals surface area contributed by atoms with Crippen molar-refractivity contribution in [2.24, 2.45) is 0 Å². The van der Waals surface area contributed by atoms with Crippen molar-refractivity contribution in [1.29, 1.82) is 0 Å². The highest BCUT2D eigenvalue weighted by Crippen LogP contribution is 2.14. The van der Waals surface area contributed by atoms with Gasteiger partial charge in [-0.05, 0) is 6.92 Å². The third-order valence-corrected chi connectivity index (χ3v) is 2.31. The maximum absolute atomic E-state index is 11.6. The number of Topliss-reactive ketones (excluding diaryl/α,β-unsaturated/α-hetero) is 1. The lowest BCUT2D eigenvalue weighted by Gasteiger charge is -2.17. The minimum absolute atomic E-state index is 0.0965. The van der Waals surface area contributed by atoms with Gasteiger partial charge in [0.25, 0.3) is 0 Å². The number of aliphatic hydroxyl groups is 1. The van der Waals surface area contributed by atoms with Crippen LogP contribution in [-0.2, 0) is 0 Å². The molecular formula is C10H11ClO2. The monoisotopic (exact) mass is 198 g/mol. The van der Waals surface area contributed by atoms with Gasteiger partial charge in [-0.25, -0.2) is 0 Å². The average molecular weight is 199 g/mol. The number of ketones is 1. The standard InChI is InChI=1S/C10H11ClO2/c1-10(13,7-11)9(12)8-5-3-2-4-6-8/h2-6,13H,7H2,1H3. The summed E-state index contributed by atoms with van der Waals surface area (Å²) in [5.74, 6) is -0.441. The summed E-state index contributed by atoms with van der Waals surface area (Å²) in [5.41, 5.74) is -0.990. The number of halogens is 1. The first-order valence-electron chi connectivity index (χ1n) is 3.96. The largest absolute Gasteiger partial charge is 0.381 e. The van der Waals surface area contributed by atoms with Crippen molar-refractivity contribution in [2.75, 3.05) is 5.88 Å². The Morgan fingerprint density at radius 1 is 1.46 bits per heavy atom. The third-order valence-electron chi connectivity index (χ3n) is 1.79. The van der Waals surface area contributed by atoms with Gasteiger partial charge in [0.2, 0.25) is 0 Å². The van der Waals surface area contributed by atoms with Crippen molar-refractivity contribution in [3.8, 4) is 0 Å². The van der Waals surface area contributed by atoms with Gasteiger partial charge >= 0.3 is 0 Å². The second kappa shape index (κ2) is 3.90. The zero-order chi connectivity index (χ0) is 9.90. The Labute approximate surface area is 82.2 Å². The SMILES string of the molecule is CC(O)(CCl)C(=O)c1ccccc1. The fourth-order valence-electron chi connectivity index (χ4n) is 0.961. The number of carbonyl (C=O) groups excluding carboxylic acids is 1. The summed E-state index contributed by atoms with van der Waals surface area (Å²) in [4.78, 5) is 11.6. The number of hydrogen-bond donors (Lipinski definition) is 1. The Bertz CT molecular complexity index is 293. The van der Waals surface area contributed by atoms with Crippen LogP contribution < -0.4 is 0 Å². The number of benzene rings is 1.